The SMILES string of the molecule is CCC(CC(=O)O)(c1ccccc1)N1CCCCC1. The summed E-state index contributed by atoms with van der Waals surface area (Å²) in [6, 6.07) is 10.1. The third-order valence-electron chi connectivity index (χ3n) is 4.30. The van der Waals surface area contributed by atoms with Crippen LogP contribution in [0.1, 0.15) is 44.6 Å². The van der Waals surface area contributed by atoms with E-state index in [-0.39, 0.29) is 12.0 Å². The van der Waals surface area contributed by atoms with Gasteiger partial charge in [0.15, 0.2) is 0 Å². The van der Waals surface area contributed by atoms with E-state index < -0.39 is 5.97 Å². The van der Waals surface area contributed by atoms with Crippen LogP contribution in [0.4, 0.5) is 0 Å². The summed E-state index contributed by atoms with van der Waals surface area (Å²) < 4.78 is 0. The molecule has 1 atom stereocenters. The van der Waals surface area contributed by atoms with Crippen LogP contribution in [-0.4, -0.2) is 29.1 Å². The van der Waals surface area contributed by atoms with Crippen LogP contribution >= 0.6 is 0 Å². The maximum atomic E-state index is 11.4. The van der Waals surface area contributed by atoms with E-state index in [1.54, 1.807) is 0 Å². The third kappa shape index (κ3) is 2.98. The molecular weight excluding hydrogens is 238 g/mol. The Balaban J connectivity index is 2.37. The molecule has 1 aliphatic heterocycles. The van der Waals surface area contributed by atoms with Crippen LogP contribution < -0.4 is 0 Å². The fourth-order valence-corrected chi connectivity index (χ4v) is 3.27. The van der Waals surface area contributed by atoms with E-state index in [2.05, 4.69) is 24.0 Å². The van der Waals surface area contributed by atoms with E-state index >= 15 is 0 Å². The third-order valence-corrected chi connectivity index (χ3v) is 4.30. The summed E-state index contributed by atoms with van der Waals surface area (Å²) in [4.78, 5) is 13.8. The number of carbonyl (C=O) groups is 1. The predicted molar refractivity (Wildman–Crippen MR) is 76.1 cm³/mol. The van der Waals surface area contributed by atoms with Crippen LogP contribution in [0.2, 0.25) is 0 Å². The molecule has 19 heavy (non-hydrogen) atoms. The van der Waals surface area contributed by atoms with Gasteiger partial charge in [-0.2, -0.15) is 0 Å². The van der Waals surface area contributed by atoms with Crippen molar-refractivity contribution < 1.29 is 9.90 Å². The van der Waals surface area contributed by atoms with Crippen molar-refractivity contribution in [3.8, 4) is 0 Å². The van der Waals surface area contributed by atoms with Gasteiger partial charge in [0.2, 0.25) is 0 Å². The summed E-state index contributed by atoms with van der Waals surface area (Å²) in [7, 11) is 0. The first-order valence-corrected chi connectivity index (χ1v) is 7.21. The van der Waals surface area contributed by atoms with Crippen LogP contribution in [0.3, 0.4) is 0 Å². The van der Waals surface area contributed by atoms with Crippen molar-refractivity contribution in [3.05, 3.63) is 35.9 Å². The van der Waals surface area contributed by atoms with Gasteiger partial charge in [0.1, 0.15) is 0 Å². The number of hydrogen-bond donors (Lipinski definition) is 1. The first-order chi connectivity index (χ1) is 9.19. The Morgan fingerprint density at radius 1 is 1.21 bits per heavy atom. The second-order valence-electron chi connectivity index (χ2n) is 5.37. The van der Waals surface area contributed by atoms with Gasteiger partial charge in [0.05, 0.1) is 12.0 Å². The summed E-state index contributed by atoms with van der Waals surface area (Å²) in [6.07, 6.45) is 4.64. The second-order valence-corrected chi connectivity index (χ2v) is 5.37. The van der Waals surface area contributed by atoms with Crippen LogP contribution in [0, 0.1) is 0 Å². The van der Waals surface area contributed by atoms with Crippen molar-refractivity contribution in [2.45, 2.75) is 44.6 Å². The van der Waals surface area contributed by atoms with E-state index in [9.17, 15) is 9.90 Å². The fourth-order valence-electron chi connectivity index (χ4n) is 3.27. The highest BCUT2D eigenvalue weighted by Gasteiger charge is 2.39. The zero-order chi connectivity index (χ0) is 13.7. The Hall–Kier alpha value is -1.35. The van der Waals surface area contributed by atoms with Crippen LogP contribution in [0.5, 0.6) is 0 Å². The average molecular weight is 261 g/mol. The number of benzene rings is 1. The molecule has 2 rings (SSSR count). The fraction of sp³-hybridized carbons (Fsp3) is 0.562. The minimum atomic E-state index is -0.712. The van der Waals surface area contributed by atoms with E-state index in [1.807, 2.05) is 18.2 Å². The van der Waals surface area contributed by atoms with Gasteiger partial charge in [-0.3, -0.25) is 9.69 Å². The predicted octanol–water partition coefficient (Wildman–Crippen LogP) is 3.25. The van der Waals surface area contributed by atoms with Crippen LogP contribution in [0.25, 0.3) is 0 Å². The highest BCUT2D eigenvalue weighted by molar-refractivity contribution is 5.69. The Morgan fingerprint density at radius 3 is 2.37 bits per heavy atom. The first-order valence-electron chi connectivity index (χ1n) is 7.21. The van der Waals surface area contributed by atoms with E-state index in [1.165, 1.54) is 19.3 Å². The molecule has 0 saturated carbocycles. The lowest BCUT2D eigenvalue weighted by atomic mass is 9.81. The molecule has 1 aromatic rings. The summed E-state index contributed by atoms with van der Waals surface area (Å²) >= 11 is 0. The molecule has 1 unspecified atom stereocenters. The number of aliphatic carboxylic acids is 1. The quantitative estimate of drug-likeness (QED) is 0.884. The van der Waals surface area contributed by atoms with Gasteiger partial charge in [-0.25, -0.2) is 0 Å². The molecule has 1 N–H and O–H groups in total. The smallest absolute Gasteiger partial charge is 0.305 e. The number of rotatable bonds is 5. The maximum Gasteiger partial charge on any atom is 0.305 e. The van der Waals surface area contributed by atoms with Crippen molar-refractivity contribution in [2.24, 2.45) is 0 Å². The molecule has 0 aromatic heterocycles. The molecule has 0 bridgehead atoms. The van der Waals surface area contributed by atoms with Gasteiger partial charge in [0, 0.05) is 0 Å². The van der Waals surface area contributed by atoms with Gasteiger partial charge < -0.3 is 5.11 Å². The van der Waals surface area contributed by atoms with Gasteiger partial charge in [-0.05, 0) is 37.9 Å². The number of carboxylic acid groups (broad SMARTS) is 1. The van der Waals surface area contributed by atoms with Crippen molar-refractivity contribution in [1.29, 1.82) is 0 Å². The lowest BCUT2D eigenvalue weighted by Gasteiger charge is -2.45. The van der Waals surface area contributed by atoms with E-state index in [0.29, 0.717) is 0 Å². The Labute approximate surface area is 115 Å². The van der Waals surface area contributed by atoms with Gasteiger partial charge in [-0.15, -0.1) is 0 Å². The number of piperidine rings is 1. The van der Waals surface area contributed by atoms with E-state index in [0.717, 1.165) is 25.1 Å². The van der Waals surface area contributed by atoms with E-state index in [4.69, 9.17) is 0 Å². The molecule has 3 nitrogen and oxygen atoms in total. The molecule has 1 saturated heterocycles. The summed E-state index contributed by atoms with van der Waals surface area (Å²) in [6.45, 7) is 4.12. The van der Waals surface area contributed by atoms with Crippen molar-refractivity contribution in [2.75, 3.05) is 13.1 Å². The van der Waals surface area contributed by atoms with Crippen molar-refractivity contribution >= 4 is 5.97 Å². The molecule has 3 heteroatoms. The normalized spacial score (nSPS) is 19.8. The summed E-state index contributed by atoms with van der Waals surface area (Å²) in [5.74, 6) is -0.712. The maximum absolute atomic E-state index is 11.4. The van der Waals surface area contributed by atoms with Crippen molar-refractivity contribution in [3.63, 3.8) is 0 Å². The molecule has 1 aromatic carbocycles. The van der Waals surface area contributed by atoms with Crippen LogP contribution in [-0.2, 0) is 10.3 Å². The number of nitrogens with zero attached hydrogens (tertiary/aromatic N) is 1. The minimum Gasteiger partial charge on any atom is -0.481 e. The van der Waals surface area contributed by atoms with Gasteiger partial charge in [-0.1, -0.05) is 43.7 Å². The average Bonchev–Trinajstić information content (AvgIpc) is 2.46. The summed E-state index contributed by atoms with van der Waals surface area (Å²) in [5.41, 5.74) is 0.801. The molecule has 0 spiro atoms. The Bertz CT molecular complexity index is 412. The molecule has 1 fully saturated rings. The van der Waals surface area contributed by atoms with Gasteiger partial charge in [0.25, 0.3) is 0 Å². The lowest BCUT2D eigenvalue weighted by Crippen LogP contribution is -2.49. The highest BCUT2D eigenvalue weighted by Crippen LogP contribution is 2.37. The standard InChI is InChI=1S/C16H23NO2/c1-2-16(13-15(18)19,14-9-5-3-6-10-14)17-11-7-4-8-12-17/h3,5-6,9-10H,2,4,7-8,11-13H2,1H3,(H,18,19). The molecule has 104 valence electrons. The zero-order valence-electron chi connectivity index (χ0n) is 11.6. The second kappa shape index (κ2) is 6.20. The minimum absolute atomic E-state index is 0.188. The summed E-state index contributed by atoms with van der Waals surface area (Å²) in [5, 5.41) is 9.35. The largest absolute Gasteiger partial charge is 0.481 e. The molecule has 1 heterocycles. The molecular formula is C16H23NO2. The zero-order valence-corrected chi connectivity index (χ0v) is 11.6. The first kappa shape index (κ1) is 14.1. The highest BCUT2D eigenvalue weighted by atomic mass is 16.4. The van der Waals surface area contributed by atoms with Crippen molar-refractivity contribution in [1.82, 2.24) is 4.90 Å². The molecule has 0 amide bonds. The number of carboxylic acids is 1. The lowest BCUT2D eigenvalue weighted by molar-refractivity contribution is -0.141. The number of likely N-dealkylation sites (tertiary alicyclic amines) is 1. The van der Waals surface area contributed by atoms with Crippen LogP contribution in [0.15, 0.2) is 30.3 Å². The monoisotopic (exact) mass is 261 g/mol. The molecule has 0 aliphatic carbocycles. The Morgan fingerprint density at radius 2 is 1.84 bits per heavy atom. The van der Waals surface area contributed by atoms with Gasteiger partial charge >= 0.3 is 5.97 Å². The molecule has 0 radical (unpaired) electrons. The molecule has 1 aliphatic rings. The Kier molecular flexibility index (Phi) is 4.59. The number of hydrogen-bond acceptors (Lipinski definition) is 2. The topological polar surface area (TPSA) is 40.5 Å².